The van der Waals surface area contributed by atoms with E-state index in [4.69, 9.17) is 25.8 Å². The molecule has 2 rings (SSSR count). The van der Waals surface area contributed by atoms with E-state index in [0.29, 0.717) is 28.9 Å². The molecule has 0 aliphatic carbocycles. The van der Waals surface area contributed by atoms with Crippen molar-refractivity contribution in [3.8, 4) is 17.2 Å². The van der Waals surface area contributed by atoms with Crippen molar-refractivity contribution in [1.82, 2.24) is 0 Å². The minimum absolute atomic E-state index is 0.440. The summed E-state index contributed by atoms with van der Waals surface area (Å²) in [5, 5.41) is 0.542. The molecule has 0 aromatic heterocycles. The van der Waals surface area contributed by atoms with Crippen LogP contribution in [0, 0.1) is 0 Å². The second-order valence-electron chi connectivity index (χ2n) is 3.91. The van der Waals surface area contributed by atoms with Gasteiger partial charge in [-0.15, -0.1) is 0 Å². The summed E-state index contributed by atoms with van der Waals surface area (Å²) in [6.07, 6.45) is 0. The molecular weight excluding hydrogens is 264 g/mol. The third kappa shape index (κ3) is 3.32. The fourth-order valence-corrected chi connectivity index (χ4v) is 1.92. The lowest BCUT2D eigenvalue weighted by atomic mass is 10.2. The predicted molar refractivity (Wildman–Crippen MR) is 75.3 cm³/mol. The van der Waals surface area contributed by atoms with Gasteiger partial charge < -0.3 is 14.2 Å². The first-order chi connectivity index (χ1) is 9.24. The Balaban J connectivity index is 2.23. The zero-order valence-corrected chi connectivity index (χ0v) is 11.6. The van der Waals surface area contributed by atoms with Gasteiger partial charge >= 0.3 is 0 Å². The van der Waals surface area contributed by atoms with Crippen LogP contribution in [-0.2, 0) is 6.61 Å². The van der Waals surface area contributed by atoms with Gasteiger partial charge in [-0.2, -0.15) is 0 Å². The van der Waals surface area contributed by atoms with Crippen LogP contribution in [0.3, 0.4) is 0 Å². The highest BCUT2D eigenvalue weighted by Crippen LogP contribution is 2.40. The molecule has 0 amide bonds. The van der Waals surface area contributed by atoms with E-state index in [0.717, 1.165) is 5.56 Å². The zero-order chi connectivity index (χ0) is 13.7. The van der Waals surface area contributed by atoms with Gasteiger partial charge in [0.15, 0.2) is 11.5 Å². The molecule has 0 unspecified atom stereocenters. The van der Waals surface area contributed by atoms with E-state index in [1.165, 1.54) is 0 Å². The average molecular weight is 279 g/mol. The van der Waals surface area contributed by atoms with Gasteiger partial charge in [0.2, 0.25) is 5.75 Å². The molecule has 0 spiro atoms. The molecule has 0 saturated carbocycles. The van der Waals surface area contributed by atoms with Gasteiger partial charge in [0.25, 0.3) is 0 Å². The smallest absolute Gasteiger partial charge is 0.203 e. The molecule has 0 bridgehead atoms. The van der Waals surface area contributed by atoms with Crippen molar-refractivity contribution >= 4 is 11.6 Å². The maximum Gasteiger partial charge on any atom is 0.203 e. The monoisotopic (exact) mass is 278 g/mol. The predicted octanol–water partition coefficient (Wildman–Crippen LogP) is 3.94. The molecule has 0 saturated heterocycles. The largest absolute Gasteiger partial charge is 0.493 e. The third-order valence-electron chi connectivity index (χ3n) is 2.65. The molecule has 2 aromatic carbocycles. The Kier molecular flexibility index (Phi) is 4.53. The molecule has 0 aliphatic rings. The minimum Gasteiger partial charge on any atom is -0.493 e. The van der Waals surface area contributed by atoms with Gasteiger partial charge in [-0.25, -0.2) is 0 Å². The van der Waals surface area contributed by atoms with E-state index >= 15 is 0 Å². The number of hydrogen-bond donors (Lipinski definition) is 0. The van der Waals surface area contributed by atoms with Crippen molar-refractivity contribution in [3.63, 3.8) is 0 Å². The van der Waals surface area contributed by atoms with Crippen LogP contribution in [0.5, 0.6) is 17.2 Å². The molecule has 19 heavy (non-hydrogen) atoms. The molecule has 2 aromatic rings. The van der Waals surface area contributed by atoms with Crippen molar-refractivity contribution in [2.75, 3.05) is 14.2 Å². The SMILES string of the molecule is COc1cc(Cl)cc(OC)c1OCc1ccccc1. The number of benzene rings is 2. The van der Waals surface area contributed by atoms with E-state index in [1.807, 2.05) is 30.3 Å². The normalized spacial score (nSPS) is 10.1. The number of rotatable bonds is 5. The van der Waals surface area contributed by atoms with Crippen LogP contribution < -0.4 is 14.2 Å². The summed E-state index contributed by atoms with van der Waals surface area (Å²) in [7, 11) is 3.14. The van der Waals surface area contributed by atoms with Crippen molar-refractivity contribution in [2.24, 2.45) is 0 Å². The lowest BCUT2D eigenvalue weighted by Crippen LogP contribution is -2.00. The van der Waals surface area contributed by atoms with Crippen LogP contribution in [0.15, 0.2) is 42.5 Å². The molecule has 0 heterocycles. The number of halogens is 1. The Morgan fingerprint density at radius 2 is 1.53 bits per heavy atom. The van der Waals surface area contributed by atoms with Crippen molar-refractivity contribution in [3.05, 3.63) is 53.1 Å². The Morgan fingerprint density at radius 1 is 0.947 bits per heavy atom. The van der Waals surface area contributed by atoms with Gasteiger partial charge in [0.1, 0.15) is 6.61 Å². The first-order valence-electron chi connectivity index (χ1n) is 5.83. The fourth-order valence-electron chi connectivity index (χ4n) is 1.72. The molecule has 0 fully saturated rings. The van der Waals surface area contributed by atoms with Crippen LogP contribution in [0.4, 0.5) is 0 Å². The number of hydrogen-bond acceptors (Lipinski definition) is 3. The van der Waals surface area contributed by atoms with Crippen LogP contribution in [0.2, 0.25) is 5.02 Å². The highest BCUT2D eigenvalue weighted by atomic mass is 35.5. The summed E-state index contributed by atoms with van der Waals surface area (Å²) in [5.74, 6) is 1.67. The Bertz CT molecular complexity index is 515. The lowest BCUT2D eigenvalue weighted by molar-refractivity contribution is 0.266. The summed E-state index contributed by atoms with van der Waals surface area (Å²) in [6.45, 7) is 0.440. The first kappa shape index (κ1) is 13.6. The highest BCUT2D eigenvalue weighted by molar-refractivity contribution is 6.31. The molecule has 0 aliphatic heterocycles. The molecule has 100 valence electrons. The second kappa shape index (κ2) is 6.34. The van der Waals surface area contributed by atoms with Crippen molar-refractivity contribution < 1.29 is 14.2 Å². The van der Waals surface area contributed by atoms with Crippen LogP contribution in [0.1, 0.15) is 5.56 Å². The van der Waals surface area contributed by atoms with E-state index in [1.54, 1.807) is 26.4 Å². The van der Waals surface area contributed by atoms with Gasteiger partial charge in [-0.05, 0) is 5.56 Å². The minimum atomic E-state index is 0.440. The molecule has 0 atom stereocenters. The topological polar surface area (TPSA) is 27.7 Å². The quantitative estimate of drug-likeness (QED) is 0.829. The van der Waals surface area contributed by atoms with Gasteiger partial charge in [0.05, 0.1) is 14.2 Å². The molecule has 0 N–H and O–H groups in total. The van der Waals surface area contributed by atoms with Crippen LogP contribution in [-0.4, -0.2) is 14.2 Å². The summed E-state index contributed by atoms with van der Waals surface area (Å²) < 4.78 is 16.3. The van der Waals surface area contributed by atoms with E-state index in [2.05, 4.69) is 0 Å². The van der Waals surface area contributed by atoms with Gasteiger partial charge in [-0.1, -0.05) is 41.9 Å². The second-order valence-corrected chi connectivity index (χ2v) is 4.35. The molecule has 4 heteroatoms. The van der Waals surface area contributed by atoms with Gasteiger partial charge in [0, 0.05) is 17.2 Å². The number of methoxy groups -OCH3 is 2. The Hall–Kier alpha value is -1.87. The van der Waals surface area contributed by atoms with Crippen molar-refractivity contribution in [1.29, 1.82) is 0 Å². The average Bonchev–Trinajstić information content (AvgIpc) is 2.46. The van der Waals surface area contributed by atoms with E-state index in [9.17, 15) is 0 Å². The van der Waals surface area contributed by atoms with Crippen LogP contribution in [0.25, 0.3) is 0 Å². The maximum atomic E-state index is 5.98. The zero-order valence-electron chi connectivity index (χ0n) is 10.9. The van der Waals surface area contributed by atoms with Gasteiger partial charge in [-0.3, -0.25) is 0 Å². The summed E-state index contributed by atoms with van der Waals surface area (Å²) in [5.41, 5.74) is 1.07. The summed E-state index contributed by atoms with van der Waals surface area (Å²) >= 11 is 5.98. The number of ether oxygens (including phenoxy) is 3. The van der Waals surface area contributed by atoms with E-state index in [-0.39, 0.29) is 0 Å². The van der Waals surface area contributed by atoms with Crippen LogP contribution >= 0.6 is 11.6 Å². The molecule has 3 nitrogen and oxygen atoms in total. The third-order valence-corrected chi connectivity index (χ3v) is 2.87. The Labute approximate surface area is 117 Å². The highest BCUT2D eigenvalue weighted by Gasteiger charge is 2.13. The molecule has 0 radical (unpaired) electrons. The summed E-state index contributed by atoms with van der Waals surface area (Å²) in [6, 6.07) is 13.3. The summed E-state index contributed by atoms with van der Waals surface area (Å²) in [4.78, 5) is 0. The standard InChI is InChI=1S/C15H15ClO3/c1-17-13-8-12(16)9-14(18-2)15(13)19-10-11-6-4-3-5-7-11/h3-9H,10H2,1-2H3. The Morgan fingerprint density at radius 3 is 2.05 bits per heavy atom. The molecular formula is C15H15ClO3. The first-order valence-corrected chi connectivity index (χ1v) is 6.20. The lowest BCUT2D eigenvalue weighted by Gasteiger charge is -2.14. The fraction of sp³-hybridized carbons (Fsp3) is 0.200. The maximum absolute atomic E-state index is 5.98. The van der Waals surface area contributed by atoms with E-state index < -0.39 is 0 Å². The van der Waals surface area contributed by atoms with Crippen molar-refractivity contribution in [2.45, 2.75) is 6.61 Å².